The molecule has 9 aromatic carbocycles. The van der Waals surface area contributed by atoms with Gasteiger partial charge >= 0.3 is 0 Å². The van der Waals surface area contributed by atoms with Crippen LogP contribution in [0.1, 0.15) is 43.2 Å². The molecular weight excluding hydrogens is 1200 g/mol. The summed E-state index contributed by atoms with van der Waals surface area (Å²) in [6.45, 7) is 2.13. The van der Waals surface area contributed by atoms with E-state index in [2.05, 4.69) is 250 Å². The van der Waals surface area contributed by atoms with Crippen molar-refractivity contribution in [3.8, 4) is 45.3 Å². The average Bonchev–Trinajstić information content (AvgIpc) is 3.33. The van der Waals surface area contributed by atoms with Gasteiger partial charge in [0.15, 0.2) is 0 Å². The third kappa shape index (κ3) is 7.88. The van der Waals surface area contributed by atoms with Crippen LogP contribution in [0.3, 0.4) is 0 Å². The summed E-state index contributed by atoms with van der Waals surface area (Å²) in [5.74, 6) is 5.59. The van der Waals surface area contributed by atoms with Gasteiger partial charge in [-0.3, -0.25) is 0 Å². The fraction of sp³-hybridized carbons (Fsp3) is 0.133. The molecule has 83 heavy (non-hydrogen) atoms. The van der Waals surface area contributed by atoms with Crippen molar-refractivity contribution in [2.75, 3.05) is 9.80 Å². The topological polar surface area (TPSA) is 51.4 Å². The van der Waals surface area contributed by atoms with E-state index in [9.17, 15) is 0 Å². The van der Waals surface area contributed by atoms with E-state index < -0.39 is 0 Å². The van der Waals surface area contributed by atoms with Gasteiger partial charge in [-0.15, -0.1) is 42.4 Å². The van der Waals surface area contributed by atoms with Gasteiger partial charge in [-0.2, -0.15) is 12.1 Å². The first-order valence-electron chi connectivity index (χ1n) is 29.0. The van der Waals surface area contributed by atoms with Crippen molar-refractivity contribution in [1.82, 2.24) is 19.1 Å². The molecule has 4 bridgehead atoms. The Morgan fingerprint density at radius 3 is 1.71 bits per heavy atom. The number of nitrogens with zero attached hydrogens (tertiary/aromatic N) is 6. The Balaban J connectivity index is 0.00000565. The summed E-state index contributed by atoms with van der Waals surface area (Å²) in [4.78, 5) is 14.6. The Kier molecular flexibility index (Phi) is 11.9. The first-order chi connectivity index (χ1) is 40.6. The van der Waals surface area contributed by atoms with Gasteiger partial charge in [-0.25, -0.2) is 9.97 Å². The van der Waals surface area contributed by atoms with Gasteiger partial charge < -0.3 is 23.7 Å². The number of benzene rings is 9. The van der Waals surface area contributed by atoms with E-state index in [0.717, 1.165) is 84.6 Å². The normalized spacial score (nSPS) is 19.7. The summed E-state index contributed by atoms with van der Waals surface area (Å²) in [6.07, 6.45) is 10.4. The van der Waals surface area contributed by atoms with Crippen molar-refractivity contribution in [2.24, 2.45) is 23.7 Å². The molecule has 0 spiro atoms. The molecule has 4 saturated carbocycles. The molecular formula is C75H55N6OPt-3. The molecule has 4 aliphatic carbocycles. The molecule has 5 heterocycles. The minimum atomic E-state index is -0.142. The van der Waals surface area contributed by atoms with E-state index in [4.69, 9.17) is 14.7 Å². The number of para-hydroxylation sites is 4. The van der Waals surface area contributed by atoms with E-state index in [0.29, 0.717) is 23.3 Å². The predicted molar refractivity (Wildman–Crippen MR) is 331 cm³/mol. The fourth-order valence-electron chi connectivity index (χ4n) is 15.7. The molecule has 0 N–H and O–H groups in total. The van der Waals surface area contributed by atoms with Crippen molar-refractivity contribution in [1.29, 1.82) is 0 Å². The standard InChI is InChI=1S/C75H55N6O.Pt/c1-3-16-51(17-4-1)61-25-14-26-62(52-18-5-2-6-19-52)73(61)79-48-78(74-70(79)30-15-38-77-74)58-20-13-21-59(46-58)82-60-35-36-66-65-24-9-12-29-69(65)81(71(66)47-60)72-45-54(37-39-76-72)75(55-41-49-40-50(43-55)44-56(75)42-49)53-31-33-57(34-32-53)80-67-27-10-7-22-63(67)64-23-8-11-28-68(64)80;/h1-39,45,48-50,55-56H,40-44H2;/q-3;. The first-order valence-corrected chi connectivity index (χ1v) is 29.0. The van der Waals surface area contributed by atoms with Crippen LogP contribution in [0.25, 0.3) is 77.4 Å². The average molecular weight is 1250 g/mol. The van der Waals surface area contributed by atoms with Crippen LogP contribution in [-0.4, -0.2) is 19.1 Å². The molecule has 0 radical (unpaired) electrons. The molecule has 1 aliphatic heterocycles. The second-order valence-electron chi connectivity index (χ2n) is 23.1. The van der Waals surface area contributed by atoms with Gasteiger partial charge in [0.2, 0.25) is 0 Å². The summed E-state index contributed by atoms with van der Waals surface area (Å²) in [6, 6.07) is 90.4. The number of ether oxygens (including phenoxy) is 1. The van der Waals surface area contributed by atoms with Gasteiger partial charge in [0.05, 0.1) is 16.7 Å². The summed E-state index contributed by atoms with van der Waals surface area (Å²) in [7, 11) is 0. The Morgan fingerprint density at radius 1 is 0.458 bits per heavy atom. The predicted octanol–water partition coefficient (Wildman–Crippen LogP) is 18.5. The Hall–Kier alpha value is -9.03. The number of hydrogen-bond donors (Lipinski definition) is 0. The zero-order chi connectivity index (χ0) is 53.9. The molecule has 13 aromatic rings. The molecule has 0 saturated heterocycles. The second kappa shape index (κ2) is 19.9. The molecule has 404 valence electrons. The van der Waals surface area contributed by atoms with E-state index in [-0.39, 0.29) is 26.5 Å². The monoisotopic (exact) mass is 1250 g/mol. The first kappa shape index (κ1) is 49.8. The zero-order valence-corrected chi connectivity index (χ0v) is 47.7. The van der Waals surface area contributed by atoms with Crippen molar-refractivity contribution >= 4 is 66.5 Å². The zero-order valence-electron chi connectivity index (χ0n) is 45.4. The molecule has 0 amide bonds. The molecule has 0 atom stereocenters. The van der Waals surface area contributed by atoms with E-state index in [1.165, 1.54) is 70.7 Å². The summed E-state index contributed by atoms with van der Waals surface area (Å²) < 4.78 is 11.6. The summed E-state index contributed by atoms with van der Waals surface area (Å²) >= 11 is 0. The van der Waals surface area contributed by atoms with Gasteiger partial charge in [0.1, 0.15) is 11.6 Å². The maximum Gasteiger partial charge on any atom is 0.135 e. The fourth-order valence-corrected chi connectivity index (χ4v) is 15.7. The molecule has 4 aromatic heterocycles. The third-order valence-corrected chi connectivity index (χ3v) is 18.8. The number of pyridine rings is 2. The van der Waals surface area contributed by atoms with Crippen LogP contribution in [0.2, 0.25) is 0 Å². The third-order valence-electron chi connectivity index (χ3n) is 18.8. The molecule has 0 unspecified atom stereocenters. The van der Waals surface area contributed by atoms with Crippen LogP contribution in [0.4, 0.5) is 22.9 Å². The smallest absolute Gasteiger partial charge is 0.135 e. The van der Waals surface area contributed by atoms with Gasteiger partial charge in [0.25, 0.3) is 0 Å². The van der Waals surface area contributed by atoms with Gasteiger partial charge in [-0.05, 0) is 138 Å². The minimum absolute atomic E-state index is 0. The number of rotatable bonds is 10. The molecule has 7 nitrogen and oxygen atoms in total. The SMILES string of the molecule is [Pt].[c-]1c(Oc2[c-]c3c(cc2)c2ccccc2n3-c2cc(C3(c4ccc(-n5c6ccccc6c6ccccc65)cc4)C4CC5CC(C4)CC3C5)ccn2)cccc1N1[CH-]N(c2c(-c3ccccc3)cccc2-c2ccccc2)c2cccnc21. The van der Waals surface area contributed by atoms with Crippen LogP contribution >= 0.6 is 0 Å². The molecule has 8 heteroatoms. The van der Waals surface area contributed by atoms with Crippen LogP contribution in [-0.2, 0) is 26.5 Å². The van der Waals surface area contributed by atoms with Crippen molar-refractivity contribution in [3.63, 3.8) is 0 Å². The number of aromatic nitrogens is 4. The van der Waals surface area contributed by atoms with Crippen LogP contribution in [0.15, 0.2) is 243 Å². The van der Waals surface area contributed by atoms with Gasteiger partial charge in [-0.1, -0.05) is 157 Å². The van der Waals surface area contributed by atoms with Crippen LogP contribution in [0, 0.1) is 42.5 Å². The Labute approximate surface area is 497 Å². The van der Waals surface area contributed by atoms with E-state index in [1.54, 1.807) is 0 Å². The van der Waals surface area contributed by atoms with Crippen molar-refractivity contribution < 1.29 is 25.8 Å². The van der Waals surface area contributed by atoms with Crippen LogP contribution < -0.4 is 14.5 Å². The molecule has 4 fully saturated rings. The van der Waals surface area contributed by atoms with Crippen LogP contribution in [0.5, 0.6) is 11.5 Å². The number of anilines is 4. The van der Waals surface area contributed by atoms with Gasteiger partial charge in [0, 0.05) is 89.2 Å². The van der Waals surface area contributed by atoms with E-state index >= 15 is 0 Å². The minimum Gasteiger partial charge on any atom is -0.509 e. The quantitative estimate of drug-likeness (QED) is 0.128. The second-order valence-corrected chi connectivity index (χ2v) is 23.1. The Bertz CT molecular complexity index is 4490. The maximum atomic E-state index is 6.85. The Morgan fingerprint density at radius 2 is 1.05 bits per heavy atom. The summed E-state index contributed by atoms with van der Waals surface area (Å²) in [5, 5.41) is 4.81. The van der Waals surface area contributed by atoms with E-state index in [1.807, 2.05) is 30.5 Å². The summed E-state index contributed by atoms with van der Waals surface area (Å²) in [5.41, 5.74) is 15.7. The van der Waals surface area contributed by atoms with Crippen molar-refractivity contribution in [2.45, 2.75) is 37.5 Å². The molecule has 18 rings (SSSR count). The molecule has 5 aliphatic rings. The maximum absolute atomic E-state index is 6.85. The van der Waals surface area contributed by atoms with Crippen molar-refractivity contribution in [3.05, 3.63) is 273 Å². The largest absolute Gasteiger partial charge is 0.509 e. The number of hydrogen-bond acceptors (Lipinski definition) is 5. The number of fused-ring (bicyclic) bond motifs is 7.